The van der Waals surface area contributed by atoms with Crippen LogP contribution in [0, 0.1) is 0 Å². The summed E-state index contributed by atoms with van der Waals surface area (Å²) in [4.78, 5) is 12.6. The van der Waals surface area contributed by atoms with Gasteiger partial charge < -0.3 is 15.5 Å². The molecule has 116 valence electrons. The normalized spacial score (nSPS) is 22.9. The van der Waals surface area contributed by atoms with Gasteiger partial charge in [-0.15, -0.1) is 0 Å². The van der Waals surface area contributed by atoms with E-state index in [1.807, 2.05) is 12.1 Å². The molecule has 0 saturated carbocycles. The maximum Gasteiger partial charge on any atom is 0.275 e. The minimum absolute atomic E-state index is 0.281. The maximum atomic E-state index is 12.6. The molecule has 8 heteroatoms. The molecule has 0 saturated heterocycles. The van der Waals surface area contributed by atoms with Gasteiger partial charge in [0.15, 0.2) is 5.84 Å². The van der Waals surface area contributed by atoms with E-state index in [-0.39, 0.29) is 5.91 Å². The number of nitrogens with one attached hydrogen (secondary N) is 3. The van der Waals surface area contributed by atoms with Gasteiger partial charge in [0, 0.05) is 17.7 Å². The SMILES string of the molecule is Nc1ccccc1C1=NN[C@@]2(CC(c3ccco3)=NN2)C(=O)N1. The maximum absolute atomic E-state index is 12.6. The first kappa shape index (κ1) is 13.4. The van der Waals surface area contributed by atoms with Crippen LogP contribution in [-0.2, 0) is 4.79 Å². The molecule has 1 atom stereocenters. The number of hydrazone groups is 2. The molecule has 5 N–H and O–H groups in total. The van der Waals surface area contributed by atoms with Crippen LogP contribution < -0.4 is 21.9 Å². The van der Waals surface area contributed by atoms with Crippen LogP contribution in [0.2, 0.25) is 0 Å². The molecule has 2 aliphatic rings. The standard InChI is InChI=1S/C15H14N6O2/c16-10-5-2-1-4-9(10)13-17-14(22)15(21-19-13)8-11(18-20-15)12-6-3-7-23-12/h1-7,20-21H,8,16H2,(H,17,19,22)/t15-/m0/s1. The van der Waals surface area contributed by atoms with Crippen molar-refractivity contribution in [1.82, 2.24) is 16.2 Å². The first-order valence-corrected chi connectivity index (χ1v) is 7.07. The van der Waals surface area contributed by atoms with Crippen molar-refractivity contribution in [3.63, 3.8) is 0 Å². The number of hydrogen-bond donors (Lipinski definition) is 4. The average molecular weight is 310 g/mol. The number of furan rings is 1. The zero-order chi connectivity index (χ0) is 15.9. The Morgan fingerprint density at radius 3 is 2.70 bits per heavy atom. The van der Waals surface area contributed by atoms with Crippen molar-refractivity contribution in [2.24, 2.45) is 10.2 Å². The number of amides is 1. The van der Waals surface area contributed by atoms with Crippen LogP contribution >= 0.6 is 0 Å². The second-order valence-electron chi connectivity index (χ2n) is 5.34. The summed E-state index contributed by atoms with van der Waals surface area (Å²) in [5.41, 5.74) is 12.3. The predicted molar refractivity (Wildman–Crippen MR) is 84.4 cm³/mol. The van der Waals surface area contributed by atoms with Gasteiger partial charge in [-0.1, -0.05) is 12.1 Å². The minimum Gasteiger partial charge on any atom is -0.463 e. The minimum atomic E-state index is -1.12. The first-order valence-electron chi connectivity index (χ1n) is 7.07. The van der Waals surface area contributed by atoms with Crippen molar-refractivity contribution in [3.05, 3.63) is 54.0 Å². The molecular formula is C15H14N6O2. The largest absolute Gasteiger partial charge is 0.463 e. The molecule has 0 aliphatic carbocycles. The summed E-state index contributed by atoms with van der Waals surface area (Å²) in [6.45, 7) is 0. The van der Waals surface area contributed by atoms with E-state index in [4.69, 9.17) is 10.2 Å². The lowest BCUT2D eigenvalue weighted by atomic mass is 10.0. The lowest BCUT2D eigenvalue weighted by Gasteiger charge is -2.31. The van der Waals surface area contributed by atoms with Gasteiger partial charge in [0.2, 0.25) is 5.66 Å². The molecule has 4 rings (SSSR count). The number of amidine groups is 1. The Labute approximate surface area is 131 Å². The Morgan fingerprint density at radius 1 is 1.13 bits per heavy atom. The van der Waals surface area contributed by atoms with Crippen LogP contribution in [0.15, 0.2) is 57.3 Å². The van der Waals surface area contributed by atoms with Crippen molar-refractivity contribution < 1.29 is 9.21 Å². The molecule has 0 unspecified atom stereocenters. The summed E-state index contributed by atoms with van der Waals surface area (Å²) in [5.74, 6) is 0.717. The second kappa shape index (κ2) is 4.87. The van der Waals surface area contributed by atoms with Crippen LogP contribution in [0.3, 0.4) is 0 Å². The van der Waals surface area contributed by atoms with Crippen LogP contribution in [0.25, 0.3) is 0 Å². The highest BCUT2D eigenvalue weighted by atomic mass is 16.3. The molecule has 2 aromatic rings. The predicted octanol–water partition coefficient (Wildman–Crippen LogP) is 0.337. The number of benzene rings is 1. The number of nitrogens with zero attached hydrogens (tertiary/aromatic N) is 2. The van der Waals surface area contributed by atoms with E-state index in [1.54, 1.807) is 30.5 Å². The monoisotopic (exact) mass is 310 g/mol. The molecule has 23 heavy (non-hydrogen) atoms. The molecule has 2 aliphatic heterocycles. The van der Waals surface area contributed by atoms with Crippen LogP contribution in [0.5, 0.6) is 0 Å². The van der Waals surface area contributed by atoms with Crippen LogP contribution in [0.1, 0.15) is 17.7 Å². The molecule has 3 heterocycles. The third-order valence-electron chi connectivity index (χ3n) is 3.81. The summed E-state index contributed by atoms with van der Waals surface area (Å²) in [6.07, 6.45) is 1.87. The Balaban J connectivity index is 1.59. The van der Waals surface area contributed by atoms with E-state index in [9.17, 15) is 4.79 Å². The van der Waals surface area contributed by atoms with Crippen molar-refractivity contribution in [3.8, 4) is 0 Å². The molecule has 1 spiro atoms. The molecule has 1 amide bonds. The van der Waals surface area contributed by atoms with Gasteiger partial charge in [-0.2, -0.15) is 10.2 Å². The van der Waals surface area contributed by atoms with Gasteiger partial charge in [0.25, 0.3) is 5.91 Å². The first-order chi connectivity index (χ1) is 11.2. The van der Waals surface area contributed by atoms with E-state index in [1.165, 1.54) is 0 Å². The fourth-order valence-electron chi connectivity index (χ4n) is 2.56. The molecule has 1 aromatic heterocycles. The zero-order valence-electron chi connectivity index (χ0n) is 12.0. The number of carbonyl (C=O) groups excluding carboxylic acids is 1. The molecule has 0 fully saturated rings. The van der Waals surface area contributed by atoms with Gasteiger partial charge in [-0.05, 0) is 24.3 Å². The Morgan fingerprint density at radius 2 is 1.96 bits per heavy atom. The summed E-state index contributed by atoms with van der Waals surface area (Å²) in [7, 11) is 0. The number of rotatable bonds is 2. The van der Waals surface area contributed by atoms with Crippen LogP contribution in [-0.4, -0.2) is 23.1 Å². The highest BCUT2D eigenvalue weighted by Crippen LogP contribution is 2.22. The molecular weight excluding hydrogens is 296 g/mol. The fraction of sp³-hybridized carbons (Fsp3) is 0.133. The molecule has 0 radical (unpaired) electrons. The smallest absolute Gasteiger partial charge is 0.275 e. The van der Waals surface area contributed by atoms with E-state index < -0.39 is 5.66 Å². The van der Waals surface area contributed by atoms with Crippen molar-refractivity contribution in [2.75, 3.05) is 5.73 Å². The topological polar surface area (TPSA) is 117 Å². The van der Waals surface area contributed by atoms with Gasteiger partial charge in [-0.3, -0.25) is 15.6 Å². The number of hydrogen-bond acceptors (Lipinski definition) is 7. The van der Waals surface area contributed by atoms with Crippen molar-refractivity contribution in [2.45, 2.75) is 12.1 Å². The van der Waals surface area contributed by atoms with Crippen molar-refractivity contribution >= 4 is 23.1 Å². The van der Waals surface area contributed by atoms with E-state index >= 15 is 0 Å². The van der Waals surface area contributed by atoms with E-state index in [0.717, 1.165) is 0 Å². The Bertz CT molecular complexity index is 826. The average Bonchev–Trinajstić information content (AvgIpc) is 3.21. The summed E-state index contributed by atoms with van der Waals surface area (Å²) >= 11 is 0. The number of para-hydroxylation sites is 1. The summed E-state index contributed by atoms with van der Waals surface area (Å²) in [6, 6.07) is 10.8. The lowest BCUT2D eigenvalue weighted by Crippen LogP contribution is -2.65. The second-order valence-corrected chi connectivity index (χ2v) is 5.34. The lowest BCUT2D eigenvalue weighted by molar-refractivity contribution is -0.127. The molecule has 0 bridgehead atoms. The van der Waals surface area contributed by atoms with Crippen LogP contribution in [0.4, 0.5) is 5.69 Å². The fourth-order valence-corrected chi connectivity index (χ4v) is 2.56. The van der Waals surface area contributed by atoms with Gasteiger partial charge in [0.05, 0.1) is 6.26 Å². The summed E-state index contributed by atoms with van der Waals surface area (Å²) < 4.78 is 5.31. The number of carbonyl (C=O) groups is 1. The van der Waals surface area contributed by atoms with Crippen molar-refractivity contribution in [1.29, 1.82) is 0 Å². The third-order valence-corrected chi connectivity index (χ3v) is 3.81. The van der Waals surface area contributed by atoms with Gasteiger partial charge >= 0.3 is 0 Å². The number of nitrogens with two attached hydrogens (primary N) is 1. The van der Waals surface area contributed by atoms with E-state index in [0.29, 0.717) is 35.0 Å². The Kier molecular flexibility index (Phi) is 2.83. The highest BCUT2D eigenvalue weighted by molar-refractivity contribution is 6.15. The molecule has 8 nitrogen and oxygen atoms in total. The zero-order valence-corrected chi connectivity index (χ0v) is 12.0. The van der Waals surface area contributed by atoms with Gasteiger partial charge in [-0.25, -0.2) is 0 Å². The number of anilines is 1. The van der Waals surface area contributed by atoms with E-state index in [2.05, 4.69) is 26.4 Å². The Hall–Kier alpha value is -3.29. The quantitative estimate of drug-likeness (QED) is 0.597. The summed E-state index contributed by atoms with van der Waals surface area (Å²) in [5, 5.41) is 11.2. The van der Waals surface area contributed by atoms with Gasteiger partial charge in [0.1, 0.15) is 11.5 Å². The highest BCUT2D eigenvalue weighted by Gasteiger charge is 2.47. The third kappa shape index (κ3) is 2.11. The number of nitrogen functional groups attached to an aromatic ring is 1. The molecule has 1 aromatic carbocycles.